The maximum Gasteiger partial charge on any atom is 0.0866 e. The fraction of sp³-hybridized carbons (Fsp3) is 0.909. The van der Waals surface area contributed by atoms with Gasteiger partial charge in [-0.2, -0.15) is 5.26 Å². The van der Waals surface area contributed by atoms with Crippen LogP contribution in [0.3, 0.4) is 0 Å². The van der Waals surface area contributed by atoms with Crippen molar-refractivity contribution in [2.45, 2.75) is 19.3 Å². The monoisotopic (exact) mass is 193 g/mol. The summed E-state index contributed by atoms with van der Waals surface area (Å²) in [5.74, 6) is 0.984. The lowest BCUT2D eigenvalue weighted by molar-refractivity contribution is 0.108. The molecule has 3 nitrogen and oxygen atoms in total. The number of hydrogen-bond donors (Lipinski definition) is 0. The number of piperazine rings is 1. The number of hydrogen-bond acceptors (Lipinski definition) is 3. The minimum Gasteiger partial charge on any atom is -0.301 e. The molecule has 2 rings (SSSR count). The minimum absolute atomic E-state index is 0.608. The van der Waals surface area contributed by atoms with Crippen LogP contribution in [0.25, 0.3) is 0 Å². The maximum absolute atomic E-state index is 8.57. The zero-order valence-corrected chi connectivity index (χ0v) is 8.78. The van der Waals surface area contributed by atoms with Crippen LogP contribution in [0, 0.1) is 17.2 Å². The van der Waals surface area contributed by atoms with Crippen molar-refractivity contribution in [3.63, 3.8) is 0 Å². The third-order valence-corrected chi connectivity index (χ3v) is 3.50. The quantitative estimate of drug-likeness (QED) is 0.625. The van der Waals surface area contributed by atoms with Crippen molar-refractivity contribution in [2.75, 3.05) is 39.3 Å². The van der Waals surface area contributed by atoms with Gasteiger partial charge in [-0.15, -0.1) is 0 Å². The van der Waals surface area contributed by atoms with Gasteiger partial charge in [0, 0.05) is 32.7 Å². The van der Waals surface area contributed by atoms with Gasteiger partial charge in [-0.25, -0.2) is 0 Å². The largest absolute Gasteiger partial charge is 0.301 e. The van der Waals surface area contributed by atoms with Crippen LogP contribution in [0.5, 0.6) is 0 Å². The molecule has 0 N–H and O–H groups in total. The average Bonchev–Trinajstić information content (AvgIpc) is 2.14. The molecule has 2 fully saturated rings. The molecule has 1 saturated heterocycles. The van der Waals surface area contributed by atoms with Gasteiger partial charge in [0.1, 0.15) is 0 Å². The Kier molecular flexibility index (Phi) is 3.39. The molecule has 0 unspecified atom stereocenters. The van der Waals surface area contributed by atoms with E-state index in [1.54, 1.807) is 0 Å². The number of rotatable bonds is 3. The van der Waals surface area contributed by atoms with Gasteiger partial charge in [0.15, 0.2) is 0 Å². The second-order valence-electron chi connectivity index (χ2n) is 4.53. The Bertz CT molecular complexity index is 209. The molecule has 0 bridgehead atoms. The molecule has 1 heterocycles. The smallest absolute Gasteiger partial charge is 0.0866 e. The maximum atomic E-state index is 8.57. The molecular formula is C11H19N3. The fourth-order valence-corrected chi connectivity index (χ4v) is 2.27. The Morgan fingerprint density at radius 3 is 2.21 bits per heavy atom. The lowest BCUT2D eigenvalue weighted by Crippen LogP contribution is -2.48. The summed E-state index contributed by atoms with van der Waals surface area (Å²) in [5, 5.41) is 8.57. The first kappa shape index (κ1) is 9.95. The highest BCUT2D eigenvalue weighted by atomic mass is 15.3. The van der Waals surface area contributed by atoms with E-state index >= 15 is 0 Å². The first-order valence-corrected chi connectivity index (χ1v) is 5.70. The lowest BCUT2D eigenvalue weighted by atomic mass is 9.85. The van der Waals surface area contributed by atoms with E-state index in [0.29, 0.717) is 6.54 Å². The third-order valence-electron chi connectivity index (χ3n) is 3.50. The average molecular weight is 193 g/mol. The van der Waals surface area contributed by atoms with E-state index in [1.807, 2.05) is 0 Å². The molecule has 2 aliphatic rings. The predicted octanol–water partition coefficient (Wildman–Crippen LogP) is 0.928. The van der Waals surface area contributed by atoms with Crippen LogP contribution in [0.1, 0.15) is 19.3 Å². The Labute approximate surface area is 86.3 Å². The van der Waals surface area contributed by atoms with Gasteiger partial charge in [-0.1, -0.05) is 6.42 Å². The molecule has 78 valence electrons. The van der Waals surface area contributed by atoms with Crippen LogP contribution in [-0.2, 0) is 0 Å². The second-order valence-corrected chi connectivity index (χ2v) is 4.53. The molecule has 14 heavy (non-hydrogen) atoms. The van der Waals surface area contributed by atoms with Crippen LogP contribution >= 0.6 is 0 Å². The molecule has 0 amide bonds. The van der Waals surface area contributed by atoms with Crippen molar-refractivity contribution in [2.24, 2.45) is 5.92 Å². The summed E-state index contributed by atoms with van der Waals surface area (Å²) in [6, 6.07) is 2.22. The van der Waals surface area contributed by atoms with E-state index < -0.39 is 0 Å². The first-order chi connectivity index (χ1) is 6.88. The van der Waals surface area contributed by atoms with Crippen LogP contribution in [0.15, 0.2) is 0 Å². The predicted molar refractivity (Wildman–Crippen MR) is 55.8 cm³/mol. The zero-order valence-electron chi connectivity index (χ0n) is 8.78. The molecule has 0 atom stereocenters. The molecule has 1 aliphatic carbocycles. The lowest BCUT2D eigenvalue weighted by Gasteiger charge is -2.37. The van der Waals surface area contributed by atoms with Crippen molar-refractivity contribution in [1.29, 1.82) is 5.26 Å². The summed E-state index contributed by atoms with van der Waals surface area (Å²) >= 11 is 0. The SMILES string of the molecule is N#CCN1CCN(CC2CCC2)CC1. The van der Waals surface area contributed by atoms with Crippen molar-refractivity contribution < 1.29 is 0 Å². The topological polar surface area (TPSA) is 30.3 Å². The van der Waals surface area contributed by atoms with Gasteiger partial charge in [-0.05, 0) is 18.8 Å². The van der Waals surface area contributed by atoms with E-state index in [9.17, 15) is 0 Å². The summed E-state index contributed by atoms with van der Waals surface area (Å²) in [6.45, 7) is 6.41. The van der Waals surface area contributed by atoms with E-state index in [1.165, 1.54) is 25.8 Å². The van der Waals surface area contributed by atoms with Gasteiger partial charge in [0.05, 0.1) is 12.6 Å². The van der Waals surface area contributed by atoms with Crippen LogP contribution < -0.4 is 0 Å². The minimum atomic E-state index is 0.608. The molecule has 0 spiro atoms. The first-order valence-electron chi connectivity index (χ1n) is 5.70. The van der Waals surface area contributed by atoms with Crippen molar-refractivity contribution in [3.05, 3.63) is 0 Å². The summed E-state index contributed by atoms with van der Waals surface area (Å²) in [5.41, 5.74) is 0. The molecule has 1 saturated carbocycles. The van der Waals surface area contributed by atoms with E-state index in [0.717, 1.165) is 32.1 Å². The molecule has 0 radical (unpaired) electrons. The van der Waals surface area contributed by atoms with E-state index in [-0.39, 0.29) is 0 Å². The number of nitrogens with zero attached hydrogens (tertiary/aromatic N) is 3. The fourth-order valence-electron chi connectivity index (χ4n) is 2.27. The summed E-state index contributed by atoms with van der Waals surface area (Å²) in [7, 11) is 0. The van der Waals surface area contributed by atoms with Gasteiger partial charge in [0.25, 0.3) is 0 Å². The zero-order chi connectivity index (χ0) is 9.80. The number of nitriles is 1. The second kappa shape index (κ2) is 4.77. The van der Waals surface area contributed by atoms with Crippen molar-refractivity contribution in [3.8, 4) is 6.07 Å². The summed E-state index contributed by atoms with van der Waals surface area (Å²) < 4.78 is 0. The Morgan fingerprint density at radius 1 is 1.07 bits per heavy atom. The highest BCUT2D eigenvalue weighted by molar-refractivity contribution is 4.82. The molecule has 1 aliphatic heterocycles. The van der Waals surface area contributed by atoms with Gasteiger partial charge in [-0.3, -0.25) is 4.90 Å². The van der Waals surface area contributed by atoms with Crippen molar-refractivity contribution in [1.82, 2.24) is 9.80 Å². The normalized spacial score (nSPS) is 25.6. The van der Waals surface area contributed by atoms with E-state index in [2.05, 4.69) is 15.9 Å². The van der Waals surface area contributed by atoms with Crippen LogP contribution in [-0.4, -0.2) is 49.1 Å². The van der Waals surface area contributed by atoms with Crippen molar-refractivity contribution >= 4 is 0 Å². The Hall–Kier alpha value is -0.590. The third kappa shape index (κ3) is 2.46. The van der Waals surface area contributed by atoms with Gasteiger partial charge < -0.3 is 4.90 Å². The van der Waals surface area contributed by atoms with Crippen LogP contribution in [0.4, 0.5) is 0 Å². The molecule has 0 aromatic heterocycles. The summed E-state index contributed by atoms with van der Waals surface area (Å²) in [4.78, 5) is 4.81. The Balaban J connectivity index is 1.65. The molecule has 3 heteroatoms. The van der Waals surface area contributed by atoms with Crippen LogP contribution in [0.2, 0.25) is 0 Å². The van der Waals surface area contributed by atoms with E-state index in [4.69, 9.17) is 5.26 Å². The molecular weight excluding hydrogens is 174 g/mol. The summed E-state index contributed by atoms with van der Waals surface area (Å²) in [6.07, 6.45) is 4.33. The molecule has 0 aromatic rings. The highest BCUT2D eigenvalue weighted by Crippen LogP contribution is 2.27. The standard InChI is InChI=1S/C11H19N3/c12-4-5-13-6-8-14(9-7-13)10-11-2-1-3-11/h11H,1-3,5-10H2. The van der Waals surface area contributed by atoms with Gasteiger partial charge >= 0.3 is 0 Å². The highest BCUT2D eigenvalue weighted by Gasteiger charge is 2.23. The van der Waals surface area contributed by atoms with Gasteiger partial charge in [0.2, 0.25) is 0 Å². The molecule has 0 aromatic carbocycles. The Morgan fingerprint density at radius 2 is 1.71 bits per heavy atom.